The van der Waals surface area contributed by atoms with E-state index in [9.17, 15) is 5.11 Å². The molecule has 0 aromatic heterocycles. The molecule has 3 unspecified atom stereocenters. The van der Waals surface area contributed by atoms with Crippen molar-refractivity contribution in [3.8, 4) is 5.75 Å². The lowest BCUT2D eigenvalue weighted by molar-refractivity contribution is 0.120. The molecular weight excluding hydrogens is 248 g/mol. The van der Waals surface area contributed by atoms with Gasteiger partial charge in [0, 0.05) is 0 Å². The molecule has 0 amide bonds. The van der Waals surface area contributed by atoms with E-state index in [-0.39, 0.29) is 6.10 Å². The van der Waals surface area contributed by atoms with E-state index in [0.29, 0.717) is 6.10 Å². The van der Waals surface area contributed by atoms with E-state index in [4.69, 9.17) is 4.74 Å². The van der Waals surface area contributed by atoms with Crippen molar-refractivity contribution in [2.24, 2.45) is 5.92 Å². The molecule has 1 fully saturated rings. The minimum Gasteiger partial charge on any atom is -0.490 e. The van der Waals surface area contributed by atoms with Crippen molar-refractivity contribution in [3.63, 3.8) is 0 Å². The summed E-state index contributed by atoms with van der Waals surface area (Å²) in [5.41, 5.74) is 2.39. The number of aliphatic hydroxyl groups excluding tert-OH is 1. The average molecular weight is 274 g/mol. The number of rotatable bonds is 3. The van der Waals surface area contributed by atoms with Crippen LogP contribution < -0.4 is 4.74 Å². The van der Waals surface area contributed by atoms with Gasteiger partial charge >= 0.3 is 0 Å². The van der Waals surface area contributed by atoms with Crippen LogP contribution in [0.1, 0.15) is 69.1 Å². The van der Waals surface area contributed by atoms with E-state index >= 15 is 0 Å². The second kappa shape index (κ2) is 6.17. The summed E-state index contributed by atoms with van der Waals surface area (Å²) in [6, 6.07) is 6.31. The molecule has 0 spiro atoms. The van der Waals surface area contributed by atoms with Crippen LogP contribution in [0.3, 0.4) is 0 Å². The SMILES string of the molecule is CCC1CCCC(Oc2ccc3c(c2)C(O)CCC3)C1. The maximum atomic E-state index is 10.1. The molecule has 3 atom stereocenters. The number of ether oxygens (including phenoxy) is 1. The molecule has 0 saturated heterocycles. The van der Waals surface area contributed by atoms with Crippen molar-refractivity contribution in [2.75, 3.05) is 0 Å². The summed E-state index contributed by atoms with van der Waals surface area (Å²) < 4.78 is 6.19. The summed E-state index contributed by atoms with van der Waals surface area (Å²) >= 11 is 0. The summed E-state index contributed by atoms with van der Waals surface area (Å²) in [5.74, 6) is 1.78. The van der Waals surface area contributed by atoms with Crippen LogP contribution in [0, 0.1) is 5.92 Å². The van der Waals surface area contributed by atoms with Crippen molar-refractivity contribution >= 4 is 0 Å². The zero-order chi connectivity index (χ0) is 13.9. The molecule has 3 rings (SSSR count). The van der Waals surface area contributed by atoms with Crippen molar-refractivity contribution in [1.29, 1.82) is 0 Å². The first-order chi connectivity index (χ1) is 9.76. The van der Waals surface area contributed by atoms with Crippen LogP contribution in [0.4, 0.5) is 0 Å². The van der Waals surface area contributed by atoms with Gasteiger partial charge in [-0.05, 0) is 67.7 Å². The van der Waals surface area contributed by atoms with Gasteiger partial charge in [-0.2, -0.15) is 0 Å². The number of hydrogen-bond donors (Lipinski definition) is 1. The normalized spacial score (nSPS) is 29.8. The Bertz CT molecular complexity index is 455. The number of fused-ring (bicyclic) bond motifs is 1. The van der Waals surface area contributed by atoms with E-state index in [1.165, 1.54) is 37.7 Å². The molecule has 1 saturated carbocycles. The van der Waals surface area contributed by atoms with E-state index in [0.717, 1.165) is 36.5 Å². The Morgan fingerprint density at radius 1 is 1.20 bits per heavy atom. The Balaban J connectivity index is 1.70. The van der Waals surface area contributed by atoms with Crippen LogP contribution in [0.15, 0.2) is 18.2 Å². The Hall–Kier alpha value is -1.02. The highest BCUT2D eigenvalue weighted by molar-refractivity contribution is 5.38. The smallest absolute Gasteiger partial charge is 0.120 e. The first-order valence-corrected chi connectivity index (χ1v) is 8.23. The molecule has 0 radical (unpaired) electrons. The van der Waals surface area contributed by atoms with Gasteiger partial charge in [0.1, 0.15) is 5.75 Å². The summed E-state index contributed by atoms with van der Waals surface area (Å²) in [6.45, 7) is 2.28. The molecule has 1 aromatic carbocycles. The van der Waals surface area contributed by atoms with E-state index in [1.54, 1.807) is 0 Å². The zero-order valence-corrected chi connectivity index (χ0v) is 12.5. The van der Waals surface area contributed by atoms with Crippen LogP contribution in [0.5, 0.6) is 5.75 Å². The van der Waals surface area contributed by atoms with Gasteiger partial charge < -0.3 is 9.84 Å². The fourth-order valence-corrected chi connectivity index (χ4v) is 3.74. The lowest BCUT2D eigenvalue weighted by Gasteiger charge is -2.29. The maximum absolute atomic E-state index is 10.1. The van der Waals surface area contributed by atoms with Gasteiger partial charge in [0.2, 0.25) is 0 Å². The van der Waals surface area contributed by atoms with Gasteiger partial charge in [-0.15, -0.1) is 0 Å². The fraction of sp³-hybridized carbons (Fsp3) is 0.667. The van der Waals surface area contributed by atoms with E-state index in [2.05, 4.69) is 25.1 Å². The van der Waals surface area contributed by atoms with Gasteiger partial charge in [0.15, 0.2) is 0 Å². The van der Waals surface area contributed by atoms with Crippen LogP contribution in [-0.4, -0.2) is 11.2 Å². The summed E-state index contributed by atoms with van der Waals surface area (Å²) in [4.78, 5) is 0. The second-order valence-electron chi connectivity index (χ2n) is 6.45. The van der Waals surface area contributed by atoms with Crippen LogP contribution in [0.25, 0.3) is 0 Å². The molecule has 110 valence electrons. The summed E-state index contributed by atoms with van der Waals surface area (Å²) in [6.07, 6.45) is 9.43. The molecule has 20 heavy (non-hydrogen) atoms. The van der Waals surface area contributed by atoms with Gasteiger partial charge in [0.25, 0.3) is 0 Å². The molecule has 0 aliphatic heterocycles. The quantitative estimate of drug-likeness (QED) is 0.885. The molecule has 0 heterocycles. The molecule has 0 bridgehead atoms. The van der Waals surface area contributed by atoms with Gasteiger partial charge in [-0.1, -0.05) is 25.8 Å². The number of aryl methyl sites for hydroxylation is 1. The average Bonchev–Trinajstić information content (AvgIpc) is 2.48. The van der Waals surface area contributed by atoms with E-state index < -0.39 is 0 Å². The number of benzene rings is 1. The minimum absolute atomic E-state index is 0.294. The lowest BCUT2D eigenvalue weighted by atomic mass is 9.85. The van der Waals surface area contributed by atoms with E-state index in [1.807, 2.05) is 0 Å². The third kappa shape index (κ3) is 3.01. The lowest BCUT2D eigenvalue weighted by Crippen LogP contribution is -2.25. The second-order valence-corrected chi connectivity index (χ2v) is 6.45. The predicted octanol–water partition coefficient (Wildman–Crippen LogP) is 4.40. The van der Waals surface area contributed by atoms with Crippen LogP contribution in [-0.2, 0) is 6.42 Å². The monoisotopic (exact) mass is 274 g/mol. The van der Waals surface area contributed by atoms with Gasteiger partial charge in [0.05, 0.1) is 12.2 Å². The number of hydrogen-bond acceptors (Lipinski definition) is 2. The van der Waals surface area contributed by atoms with Crippen LogP contribution in [0.2, 0.25) is 0 Å². The third-order valence-corrected chi connectivity index (χ3v) is 5.01. The predicted molar refractivity (Wildman–Crippen MR) is 81.0 cm³/mol. The molecule has 2 heteroatoms. The highest BCUT2D eigenvalue weighted by atomic mass is 16.5. The molecule has 1 N–H and O–H groups in total. The Morgan fingerprint density at radius 3 is 2.95 bits per heavy atom. The largest absolute Gasteiger partial charge is 0.490 e. The highest BCUT2D eigenvalue weighted by Gasteiger charge is 2.23. The van der Waals surface area contributed by atoms with Crippen molar-refractivity contribution in [3.05, 3.63) is 29.3 Å². The molecule has 1 aromatic rings. The van der Waals surface area contributed by atoms with Crippen molar-refractivity contribution < 1.29 is 9.84 Å². The maximum Gasteiger partial charge on any atom is 0.120 e. The fourth-order valence-electron chi connectivity index (χ4n) is 3.74. The Morgan fingerprint density at radius 2 is 2.10 bits per heavy atom. The minimum atomic E-state index is -0.294. The number of aliphatic hydroxyl groups is 1. The Labute approximate surface area is 122 Å². The molecule has 2 aliphatic carbocycles. The molecular formula is C18H26O2. The van der Waals surface area contributed by atoms with Crippen LogP contribution >= 0.6 is 0 Å². The molecule has 2 nitrogen and oxygen atoms in total. The summed E-state index contributed by atoms with van der Waals surface area (Å²) in [5, 5.41) is 10.1. The highest BCUT2D eigenvalue weighted by Crippen LogP contribution is 2.34. The zero-order valence-electron chi connectivity index (χ0n) is 12.5. The first kappa shape index (κ1) is 13.9. The third-order valence-electron chi connectivity index (χ3n) is 5.01. The first-order valence-electron chi connectivity index (χ1n) is 8.23. The summed E-state index contributed by atoms with van der Waals surface area (Å²) in [7, 11) is 0. The standard InChI is InChI=1S/C18H26O2/c1-2-13-5-3-7-15(11-13)20-16-10-9-14-6-4-8-18(19)17(14)12-16/h9-10,12-13,15,18-19H,2-8,11H2,1H3. The topological polar surface area (TPSA) is 29.5 Å². The molecule has 2 aliphatic rings. The van der Waals surface area contributed by atoms with Crippen molar-refractivity contribution in [2.45, 2.75) is 70.5 Å². The van der Waals surface area contributed by atoms with Crippen molar-refractivity contribution in [1.82, 2.24) is 0 Å². The van der Waals surface area contributed by atoms with Gasteiger partial charge in [-0.25, -0.2) is 0 Å². The Kier molecular flexibility index (Phi) is 4.30. The van der Waals surface area contributed by atoms with Gasteiger partial charge in [-0.3, -0.25) is 0 Å².